The van der Waals surface area contributed by atoms with E-state index < -0.39 is 0 Å². The minimum atomic E-state index is 0.638. The molecule has 0 saturated carbocycles. The predicted octanol–water partition coefficient (Wildman–Crippen LogP) is 15.9. The second kappa shape index (κ2) is 36.6. The molecule has 280 valence electrons. The van der Waals surface area contributed by atoms with E-state index in [0.29, 0.717) is 6.17 Å². The Balaban J connectivity index is 2.02. The minimum Gasteiger partial charge on any atom is -0.356 e. The van der Waals surface area contributed by atoms with Crippen LogP contribution >= 0.6 is 0 Å². The first-order chi connectivity index (χ1) is 23.3. The molecule has 1 heterocycles. The molecule has 0 aliphatic carbocycles. The van der Waals surface area contributed by atoms with Gasteiger partial charge in [-0.15, -0.1) is 0 Å². The molecule has 1 rings (SSSR count). The third kappa shape index (κ3) is 28.8. The molecule has 0 N–H and O–H groups in total. The third-order valence-electron chi connectivity index (χ3n) is 11.1. The number of unbranched alkanes of at least 4 members (excludes halogenated alkanes) is 33. The lowest BCUT2D eigenvalue weighted by Gasteiger charge is -2.33. The second-order valence-electron chi connectivity index (χ2n) is 15.7. The van der Waals surface area contributed by atoms with Gasteiger partial charge in [0.15, 0.2) is 0 Å². The highest BCUT2D eigenvalue weighted by Crippen LogP contribution is 2.24. The Morgan fingerprint density at radius 2 is 0.489 bits per heavy atom. The zero-order valence-corrected chi connectivity index (χ0v) is 33.2. The topological polar surface area (TPSA) is 6.48 Å². The van der Waals surface area contributed by atoms with Crippen molar-refractivity contribution in [1.29, 1.82) is 0 Å². The molecule has 0 aromatic carbocycles. The lowest BCUT2D eigenvalue weighted by atomic mass is 10.0. The van der Waals surface area contributed by atoms with Crippen LogP contribution in [0.4, 0.5) is 0 Å². The van der Waals surface area contributed by atoms with E-state index in [2.05, 4.69) is 43.0 Å². The Kier molecular flexibility index (Phi) is 34.6. The Labute approximate surface area is 299 Å². The van der Waals surface area contributed by atoms with Crippen molar-refractivity contribution in [3.63, 3.8) is 0 Å². The highest BCUT2D eigenvalue weighted by Gasteiger charge is 2.24. The Morgan fingerprint density at radius 3 is 0.787 bits per heavy atom. The standard InChI is InChI=1S/C45H90N2/c1-4-7-10-12-14-16-18-20-22-24-26-28-30-32-34-36-39-42-47-44-43-46(41-38-9-6-3)45(47)40-37-35-33-31-29-27-25-23-21-19-17-15-13-11-8-5-2/h43-45H,4-42H2,1-3H3. The molecule has 1 atom stereocenters. The summed E-state index contributed by atoms with van der Waals surface area (Å²) in [6.45, 7) is 9.48. The van der Waals surface area contributed by atoms with Gasteiger partial charge < -0.3 is 9.80 Å². The number of hydrogen-bond acceptors (Lipinski definition) is 2. The van der Waals surface area contributed by atoms with E-state index in [0.717, 1.165) is 0 Å². The van der Waals surface area contributed by atoms with Crippen molar-refractivity contribution in [2.45, 2.75) is 265 Å². The van der Waals surface area contributed by atoms with E-state index in [1.165, 1.54) is 251 Å². The summed E-state index contributed by atoms with van der Waals surface area (Å²) < 4.78 is 0. The summed E-state index contributed by atoms with van der Waals surface area (Å²) in [7, 11) is 0. The monoisotopic (exact) mass is 659 g/mol. The minimum absolute atomic E-state index is 0.638. The first kappa shape index (κ1) is 44.4. The SMILES string of the molecule is CCCCCCCCCCCCCCCCCCCN1C=CN(CCCCC)C1CCCCCCCCCCCCCCCCCC. The molecule has 0 spiro atoms. The maximum atomic E-state index is 2.71. The molecule has 0 amide bonds. The Bertz CT molecular complexity index is 615. The predicted molar refractivity (Wildman–Crippen MR) is 214 cm³/mol. The van der Waals surface area contributed by atoms with Crippen LogP contribution in [0.1, 0.15) is 258 Å². The van der Waals surface area contributed by atoms with Gasteiger partial charge in [0.05, 0.1) is 0 Å². The van der Waals surface area contributed by atoms with E-state index >= 15 is 0 Å². The quantitative estimate of drug-likeness (QED) is 0.0606. The van der Waals surface area contributed by atoms with Crippen molar-refractivity contribution in [2.24, 2.45) is 0 Å². The van der Waals surface area contributed by atoms with Gasteiger partial charge in [-0.2, -0.15) is 0 Å². The van der Waals surface area contributed by atoms with Crippen LogP contribution in [-0.4, -0.2) is 29.1 Å². The van der Waals surface area contributed by atoms with E-state index in [-0.39, 0.29) is 0 Å². The van der Waals surface area contributed by atoms with Crippen molar-refractivity contribution in [2.75, 3.05) is 13.1 Å². The van der Waals surface area contributed by atoms with Crippen LogP contribution < -0.4 is 0 Å². The molecule has 0 radical (unpaired) electrons. The molecule has 0 bridgehead atoms. The second-order valence-corrected chi connectivity index (χ2v) is 15.7. The highest BCUT2D eigenvalue weighted by molar-refractivity contribution is 4.97. The fourth-order valence-electron chi connectivity index (χ4n) is 7.78. The fraction of sp³-hybridized carbons (Fsp3) is 0.956. The molecule has 47 heavy (non-hydrogen) atoms. The van der Waals surface area contributed by atoms with Crippen molar-refractivity contribution < 1.29 is 0 Å². The lowest BCUT2D eigenvalue weighted by molar-refractivity contribution is 0.135. The first-order valence-electron chi connectivity index (χ1n) is 22.5. The number of rotatable bonds is 39. The Hall–Kier alpha value is -0.660. The van der Waals surface area contributed by atoms with Crippen LogP contribution in [0.15, 0.2) is 12.4 Å². The molecule has 0 aromatic rings. The summed E-state index contributed by atoms with van der Waals surface area (Å²) in [5.41, 5.74) is 0. The van der Waals surface area contributed by atoms with Gasteiger partial charge in [0.2, 0.25) is 0 Å². The van der Waals surface area contributed by atoms with Crippen LogP contribution in [0.3, 0.4) is 0 Å². The summed E-state index contributed by atoms with van der Waals surface area (Å²) in [6.07, 6.45) is 59.0. The van der Waals surface area contributed by atoms with Gasteiger partial charge in [0.25, 0.3) is 0 Å². The van der Waals surface area contributed by atoms with E-state index in [4.69, 9.17) is 0 Å². The molecule has 1 aliphatic heterocycles. The van der Waals surface area contributed by atoms with Gasteiger partial charge in [-0.1, -0.05) is 233 Å². The van der Waals surface area contributed by atoms with Crippen molar-refractivity contribution in [1.82, 2.24) is 9.80 Å². The summed E-state index contributed by atoms with van der Waals surface area (Å²) >= 11 is 0. The molecule has 0 aromatic heterocycles. The zero-order valence-electron chi connectivity index (χ0n) is 33.2. The molecule has 0 saturated heterocycles. The van der Waals surface area contributed by atoms with Crippen LogP contribution in [0.25, 0.3) is 0 Å². The van der Waals surface area contributed by atoms with E-state index in [1.807, 2.05) is 0 Å². The molecule has 2 heteroatoms. The summed E-state index contributed by atoms with van der Waals surface area (Å²) in [6, 6.07) is 0. The largest absolute Gasteiger partial charge is 0.356 e. The average molecular weight is 659 g/mol. The van der Waals surface area contributed by atoms with Gasteiger partial charge in [-0.3, -0.25) is 0 Å². The Morgan fingerprint density at radius 1 is 0.277 bits per heavy atom. The molecule has 2 nitrogen and oxygen atoms in total. The molecular weight excluding hydrogens is 569 g/mol. The zero-order chi connectivity index (χ0) is 33.7. The third-order valence-corrected chi connectivity index (χ3v) is 11.1. The maximum absolute atomic E-state index is 2.71. The van der Waals surface area contributed by atoms with Gasteiger partial charge >= 0.3 is 0 Å². The van der Waals surface area contributed by atoms with Gasteiger partial charge in [0.1, 0.15) is 6.17 Å². The smallest absolute Gasteiger partial charge is 0.101 e. The van der Waals surface area contributed by atoms with Crippen molar-refractivity contribution in [3.05, 3.63) is 12.4 Å². The van der Waals surface area contributed by atoms with Crippen LogP contribution in [0.2, 0.25) is 0 Å². The van der Waals surface area contributed by atoms with Gasteiger partial charge in [-0.25, -0.2) is 0 Å². The van der Waals surface area contributed by atoms with Crippen LogP contribution in [-0.2, 0) is 0 Å². The molecule has 1 aliphatic rings. The normalized spacial score (nSPS) is 14.7. The summed E-state index contributed by atoms with van der Waals surface area (Å²) in [5.74, 6) is 0. The molecule has 1 unspecified atom stereocenters. The number of hydrogen-bond donors (Lipinski definition) is 0. The van der Waals surface area contributed by atoms with Gasteiger partial charge in [0, 0.05) is 25.5 Å². The van der Waals surface area contributed by atoms with Crippen molar-refractivity contribution in [3.8, 4) is 0 Å². The van der Waals surface area contributed by atoms with E-state index in [9.17, 15) is 0 Å². The lowest BCUT2D eigenvalue weighted by Crippen LogP contribution is -2.39. The highest BCUT2D eigenvalue weighted by atomic mass is 15.4. The van der Waals surface area contributed by atoms with Crippen LogP contribution in [0.5, 0.6) is 0 Å². The van der Waals surface area contributed by atoms with Crippen molar-refractivity contribution >= 4 is 0 Å². The molecule has 0 fully saturated rings. The fourth-order valence-corrected chi connectivity index (χ4v) is 7.78. The number of nitrogens with zero attached hydrogens (tertiary/aromatic N) is 2. The summed E-state index contributed by atoms with van der Waals surface area (Å²) in [4.78, 5) is 5.40. The van der Waals surface area contributed by atoms with E-state index in [1.54, 1.807) is 0 Å². The maximum Gasteiger partial charge on any atom is 0.101 e. The van der Waals surface area contributed by atoms with Gasteiger partial charge in [-0.05, 0) is 25.7 Å². The van der Waals surface area contributed by atoms with Crippen LogP contribution in [0, 0.1) is 0 Å². The molecular formula is C45H90N2. The first-order valence-corrected chi connectivity index (χ1v) is 22.5. The summed E-state index contributed by atoms with van der Waals surface area (Å²) in [5, 5.41) is 0. The average Bonchev–Trinajstić information content (AvgIpc) is 3.46.